The molecule has 0 saturated carbocycles. The van der Waals surface area contributed by atoms with Crippen molar-refractivity contribution in [3.05, 3.63) is 54.2 Å². The Kier molecular flexibility index (Phi) is 1.90. The van der Waals surface area contributed by atoms with Gasteiger partial charge in [0, 0.05) is 18.3 Å². The number of pyridine rings is 1. The van der Waals surface area contributed by atoms with E-state index in [2.05, 4.69) is 4.98 Å². The minimum absolute atomic E-state index is 0.772. The lowest BCUT2D eigenvalue weighted by molar-refractivity contribution is 0.519. The maximum Gasteiger partial charge on any atom is 0.109 e. The van der Waals surface area contributed by atoms with Gasteiger partial charge in [-0.1, -0.05) is 6.07 Å². The van der Waals surface area contributed by atoms with E-state index in [-0.39, 0.29) is 0 Å². The van der Waals surface area contributed by atoms with Gasteiger partial charge in [0.15, 0.2) is 0 Å². The zero-order valence-corrected chi connectivity index (χ0v) is 6.60. The van der Waals surface area contributed by atoms with Crippen molar-refractivity contribution in [2.75, 3.05) is 0 Å². The van der Waals surface area contributed by atoms with Gasteiger partial charge in [-0.25, -0.2) is 0 Å². The molecule has 0 atom stereocenters. The van der Waals surface area contributed by atoms with Crippen molar-refractivity contribution in [2.45, 2.75) is 6.42 Å². The van der Waals surface area contributed by atoms with Crippen LogP contribution in [0, 0.1) is 0 Å². The normalized spacial score (nSPS) is 10.0. The van der Waals surface area contributed by atoms with Crippen LogP contribution >= 0.6 is 0 Å². The van der Waals surface area contributed by atoms with Crippen molar-refractivity contribution < 1.29 is 4.42 Å². The lowest BCUT2D eigenvalue weighted by Gasteiger charge is -1.94. The molecule has 0 aliphatic carbocycles. The van der Waals surface area contributed by atoms with E-state index in [1.54, 1.807) is 12.5 Å². The van der Waals surface area contributed by atoms with Crippen LogP contribution in [0.1, 0.15) is 11.5 Å². The van der Waals surface area contributed by atoms with Crippen LogP contribution in [-0.4, -0.2) is 4.98 Å². The second-order valence-electron chi connectivity index (χ2n) is 2.58. The van der Waals surface area contributed by atoms with Gasteiger partial charge in [0.2, 0.25) is 0 Å². The molecule has 0 unspecified atom stereocenters. The molecule has 0 aromatic carbocycles. The topological polar surface area (TPSA) is 26.0 Å². The Balaban J connectivity index is 2.15. The molecule has 2 heterocycles. The van der Waals surface area contributed by atoms with Crippen molar-refractivity contribution in [1.82, 2.24) is 4.98 Å². The molecule has 0 spiro atoms. The number of aromatic nitrogens is 1. The molecule has 60 valence electrons. The van der Waals surface area contributed by atoms with Crippen LogP contribution in [0.2, 0.25) is 0 Å². The van der Waals surface area contributed by atoms with Crippen LogP contribution in [0.15, 0.2) is 47.2 Å². The summed E-state index contributed by atoms with van der Waals surface area (Å²) in [4.78, 5) is 4.19. The van der Waals surface area contributed by atoms with Gasteiger partial charge in [-0.3, -0.25) is 4.98 Å². The first-order valence-electron chi connectivity index (χ1n) is 3.87. The van der Waals surface area contributed by atoms with Gasteiger partial charge in [0.25, 0.3) is 0 Å². The second-order valence-corrected chi connectivity index (χ2v) is 2.58. The summed E-state index contributed by atoms with van der Waals surface area (Å²) in [6, 6.07) is 9.71. The Bertz CT molecular complexity index is 326. The summed E-state index contributed by atoms with van der Waals surface area (Å²) in [5.74, 6) is 0.953. The highest BCUT2D eigenvalue weighted by molar-refractivity contribution is 5.12. The second kappa shape index (κ2) is 3.22. The molecular weight excluding hydrogens is 150 g/mol. The molecule has 2 aromatic heterocycles. The first-order chi connectivity index (χ1) is 5.95. The number of hydrogen-bond donors (Lipinski definition) is 0. The molecule has 0 fully saturated rings. The Labute approximate surface area is 70.9 Å². The summed E-state index contributed by atoms with van der Waals surface area (Å²) in [5, 5.41) is 0. The maximum absolute atomic E-state index is 5.20. The van der Waals surface area contributed by atoms with Crippen molar-refractivity contribution >= 4 is 0 Å². The summed E-state index contributed by atoms with van der Waals surface area (Å²) < 4.78 is 5.20. The predicted molar refractivity (Wildman–Crippen MR) is 45.8 cm³/mol. The van der Waals surface area contributed by atoms with E-state index in [1.165, 1.54) is 0 Å². The van der Waals surface area contributed by atoms with Crippen LogP contribution in [0.5, 0.6) is 0 Å². The van der Waals surface area contributed by atoms with Gasteiger partial charge in [-0.2, -0.15) is 0 Å². The molecule has 0 saturated heterocycles. The molecule has 0 N–H and O–H groups in total. The molecule has 0 aliphatic rings. The Morgan fingerprint density at radius 1 is 1.17 bits per heavy atom. The molecule has 0 radical (unpaired) electrons. The molecule has 2 heteroatoms. The third kappa shape index (κ3) is 1.53. The molecule has 0 amide bonds. The highest BCUT2D eigenvalue weighted by atomic mass is 16.3. The highest BCUT2D eigenvalue weighted by Gasteiger charge is 1.97. The third-order valence-electron chi connectivity index (χ3n) is 1.66. The highest BCUT2D eigenvalue weighted by Crippen LogP contribution is 2.06. The van der Waals surface area contributed by atoms with Crippen molar-refractivity contribution in [2.24, 2.45) is 0 Å². The predicted octanol–water partition coefficient (Wildman–Crippen LogP) is 2.27. The summed E-state index contributed by atoms with van der Waals surface area (Å²) in [6.45, 7) is 0. The fourth-order valence-electron chi connectivity index (χ4n) is 1.09. The fraction of sp³-hybridized carbons (Fsp3) is 0.100. The van der Waals surface area contributed by atoms with Crippen LogP contribution in [0.4, 0.5) is 0 Å². The van der Waals surface area contributed by atoms with Crippen LogP contribution in [-0.2, 0) is 6.42 Å². The van der Waals surface area contributed by atoms with E-state index in [4.69, 9.17) is 4.42 Å². The quantitative estimate of drug-likeness (QED) is 0.671. The smallest absolute Gasteiger partial charge is 0.109 e. The lowest BCUT2D eigenvalue weighted by atomic mass is 10.2. The average molecular weight is 159 g/mol. The van der Waals surface area contributed by atoms with Gasteiger partial charge < -0.3 is 4.42 Å². The van der Waals surface area contributed by atoms with Crippen LogP contribution in [0.25, 0.3) is 0 Å². The first kappa shape index (κ1) is 7.10. The first-order valence-corrected chi connectivity index (χ1v) is 3.87. The van der Waals surface area contributed by atoms with Gasteiger partial charge >= 0.3 is 0 Å². The summed E-state index contributed by atoms with van der Waals surface area (Å²) in [6.07, 6.45) is 4.24. The average Bonchev–Trinajstić information content (AvgIpc) is 2.59. The zero-order valence-electron chi connectivity index (χ0n) is 6.60. The number of nitrogens with zero attached hydrogens (tertiary/aromatic N) is 1. The maximum atomic E-state index is 5.20. The largest absolute Gasteiger partial charge is 0.469 e. The fourth-order valence-corrected chi connectivity index (χ4v) is 1.09. The van der Waals surface area contributed by atoms with Crippen LogP contribution in [0.3, 0.4) is 0 Å². The van der Waals surface area contributed by atoms with Gasteiger partial charge in [-0.05, 0) is 24.3 Å². The number of furan rings is 1. The summed E-state index contributed by atoms with van der Waals surface area (Å²) >= 11 is 0. The Morgan fingerprint density at radius 2 is 2.17 bits per heavy atom. The minimum Gasteiger partial charge on any atom is -0.469 e. The molecule has 12 heavy (non-hydrogen) atoms. The summed E-state index contributed by atoms with van der Waals surface area (Å²) in [5.41, 5.74) is 1.03. The van der Waals surface area contributed by atoms with Crippen molar-refractivity contribution in [1.29, 1.82) is 0 Å². The van der Waals surface area contributed by atoms with Crippen molar-refractivity contribution in [3.63, 3.8) is 0 Å². The zero-order chi connectivity index (χ0) is 8.23. The molecule has 2 aromatic rings. The standard InChI is InChI=1S/C10H9NO/c1-2-6-11-9(4-1)8-10-5-3-7-12-10/h1-7H,8H2. The van der Waals surface area contributed by atoms with E-state index >= 15 is 0 Å². The molecular formula is C10H9NO. The van der Waals surface area contributed by atoms with E-state index in [0.29, 0.717) is 0 Å². The third-order valence-corrected chi connectivity index (χ3v) is 1.66. The molecule has 0 aliphatic heterocycles. The number of hydrogen-bond acceptors (Lipinski definition) is 2. The molecule has 2 nitrogen and oxygen atoms in total. The monoisotopic (exact) mass is 159 g/mol. The van der Waals surface area contributed by atoms with E-state index < -0.39 is 0 Å². The Hall–Kier alpha value is -1.57. The lowest BCUT2D eigenvalue weighted by Crippen LogP contribution is -1.88. The van der Waals surface area contributed by atoms with Crippen molar-refractivity contribution in [3.8, 4) is 0 Å². The van der Waals surface area contributed by atoms with Gasteiger partial charge in [0.1, 0.15) is 5.76 Å². The van der Waals surface area contributed by atoms with E-state index in [9.17, 15) is 0 Å². The summed E-state index contributed by atoms with van der Waals surface area (Å²) in [7, 11) is 0. The minimum atomic E-state index is 0.772. The van der Waals surface area contributed by atoms with E-state index in [1.807, 2.05) is 30.3 Å². The van der Waals surface area contributed by atoms with Gasteiger partial charge in [0.05, 0.1) is 6.26 Å². The SMILES string of the molecule is c1ccc(Cc2ccco2)nc1. The molecule has 0 bridgehead atoms. The van der Waals surface area contributed by atoms with Crippen LogP contribution < -0.4 is 0 Å². The van der Waals surface area contributed by atoms with Gasteiger partial charge in [-0.15, -0.1) is 0 Å². The Morgan fingerprint density at radius 3 is 2.83 bits per heavy atom. The molecule has 2 rings (SSSR count). The van der Waals surface area contributed by atoms with E-state index in [0.717, 1.165) is 17.9 Å². The number of rotatable bonds is 2.